The van der Waals surface area contributed by atoms with Gasteiger partial charge in [-0.15, -0.1) is 0 Å². The number of amides is 1. The summed E-state index contributed by atoms with van der Waals surface area (Å²) in [6.45, 7) is 10.4. The van der Waals surface area contributed by atoms with Gasteiger partial charge in [-0.05, 0) is 32.9 Å². The van der Waals surface area contributed by atoms with Crippen LogP contribution in [0.5, 0.6) is 5.75 Å². The summed E-state index contributed by atoms with van der Waals surface area (Å²) in [5, 5.41) is 2.93. The summed E-state index contributed by atoms with van der Waals surface area (Å²) in [4.78, 5) is 12.8. The first kappa shape index (κ1) is 19.2. The van der Waals surface area contributed by atoms with Crippen LogP contribution in [0.3, 0.4) is 0 Å². The predicted molar refractivity (Wildman–Crippen MR) is 99.3 cm³/mol. The van der Waals surface area contributed by atoms with Gasteiger partial charge in [-0.1, -0.05) is 29.8 Å². The topological polar surface area (TPSA) is 73.6 Å². The average Bonchev–Trinajstić information content (AvgIpc) is 2.45. The van der Waals surface area contributed by atoms with Crippen LogP contribution in [0.2, 0.25) is 0 Å². The van der Waals surface area contributed by atoms with Crippen molar-refractivity contribution in [3.8, 4) is 5.75 Å². The van der Waals surface area contributed by atoms with E-state index in [1.165, 1.54) is 0 Å². The standard InChI is InChI=1S/C18H27BrN2O3/c1-6-23-15-10-18(20,17(15,4)5)16(22)21-13-7-12(19)8-14(9-13)24-11(2)3/h7-9,11,15H,6,10,20H2,1-5H3,(H,21,22). The monoisotopic (exact) mass is 398 g/mol. The van der Waals surface area contributed by atoms with Crippen molar-refractivity contribution in [3.05, 3.63) is 22.7 Å². The van der Waals surface area contributed by atoms with Crippen LogP contribution < -0.4 is 15.8 Å². The smallest absolute Gasteiger partial charge is 0.245 e. The number of anilines is 1. The van der Waals surface area contributed by atoms with Crippen molar-refractivity contribution in [1.29, 1.82) is 0 Å². The normalized spacial score (nSPS) is 25.2. The van der Waals surface area contributed by atoms with E-state index in [4.69, 9.17) is 15.2 Å². The quantitative estimate of drug-likeness (QED) is 0.765. The minimum absolute atomic E-state index is 0.000551. The second-order valence-electron chi connectivity index (χ2n) is 7.14. The summed E-state index contributed by atoms with van der Waals surface area (Å²) in [6.07, 6.45) is 0.574. The fourth-order valence-corrected chi connectivity index (χ4v) is 3.51. The van der Waals surface area contributed by atoms with Gasteiger partial charge in [0.25, 0.3) is 0 Å². The number of hydrogen-bond donors (Lipinski definition) is 2. The number of ether oxygens (including phenoxy) is 2. The van der Waals surface area contributed by atoms with E-state index in [1.54, 1.807) is 6.07 Å². The van der Waals surface area contributed by atoms with Gasteiger partial charge in [-0.2, -0.15) is 0 Å². The lowest BCUT2D eigenvalue weighted by molar-refractivity contribution is -0.166. The van der Waals surface area contributed by atoms with Crippen molar-refractivity contribution in [2.45, 2.75) is 58.8 Å². The van der Waals surface area contributed by atoms with Crippen molar-refractivity contribution in [2.75, 3.05) is 11.9 Å². The predicted octanol–water partition coefficient (Wildman–Crippen LogP) is 3.71. The SMILES string of the molecule is CCOC1CC(N)(C(=O)Nc2cc(Br)cc(OC(C)C)c2)C1(C)C. The molecule has 1 aromatic rings. The zero-order valence-corrected chi connectivity index (χ0v) is 16.6. The van der Waals surface area contributed by atoms with E-state index < -0.39 is 11.0 Å². The number of hydrogen-bond acceptors (Lipinski definition) is 4. The van der Waals surface area contributed by atoms with Gasteiger partial charge >= 0.3 is 0 Å². The Bertz CT molecular complexity index is 618. The van der Waals surface area contributed by atoms with Crippen molar-refractivity contribution < 1.29 is 14.3 Å². The molecule has 134 valence electrons. The maximum Gasteiger partial charge on any atom is 0.245 e. The molecule has 1 aliphatic carbocycles. The van der Waals surface area contributed by atoms with Gasteiger partial charge in [-0.25, -0.2) is 0 Å². The fraction of sp³-hybridized carbons (Fsp3) is 0.611. The molecule has 0 heterocycles. The van der Waals surface area contributed by atoms with Crippen LogP contribution in [0.25, 0.3) is 0 Å². The molecule has 0 bridgehead atoms. The maximum atomic E-state index is 12.8. The second kappa shape index (κ2) is 7.02. The average molecular weight is 399 g/mol. The molecule has 3 N–H and O–H groups in total. The molecule has 1 amide bonds. The highest BCUT2D eigenvalue weighted by molar-refractivity contribution is 9.10. The lowest BCUT2D eigenvalue weighted by atomic mass is 9.54. The fourth-order valence-electron chi connectivity index (χ4n) is 3.04. The van der Waals surface area contributed by atoms with Crippen molar-refractivity contribution in [3.63, 3.8) is 0 Å². The van der Waals surface area contributed by atoms with Crippen LogP contribution >= 0.6 is 15.9 Å². The number of nitrogens with one attached hydrogen (secondary N) is 1. The van der Waals surface area contributed by atoms with Gasteiger partial charge in [0, 0.05) is 34.7 Å². The third-order valence-electron chi connectivity index (χ3n) is 4.74. The molecule has 24 heavy (non-hydrogen) atoms. The minimum atomic E-state index is -0.950. The summed E-state index contributed by atoms with van der Waals surface area (Å²) < 4.78 is 12.2. The molecule has 1 saturated carbocycles. The Morgan fingerprint density at radius 3 is 2.62 bits per heavy atom. The Morgan fingerprint density at radius 1 is 1.42 bits per heavy atom. The zero-order valence-electron chi connectivity index (χ0n) is 15.0. The highest BCUT2D eigenvalue weighted by Gasteiger charge is 2.62. The first-order chi connectivity index (χ1) is 11.1. The Hall–Kier alpha value is -1.11. The largest absolute Gasteiger partial charge is 0.491 e. The van der Waals surface area contributed by atoms with Crippen molar-refractivity contribution in [2.24, 2.45) is 11.1 Å². The van der Waals surface area contributed by atoms with Crippen molar-refractivity contribution >= 4 is 27.5 Å². The van der Waals surface area contributed by atoms with E-state index in [2.05, 4.69) is 21.2 Å². The summed E-state index contributed by atoms with van der Waals surface area (Å²) in [7, 11) is 0. The zero-order chi connectivity index (χ0) is 18.1. The van der Waals surface area contributed by atoms with Crippen LogP contribution in [-0.4, -0.2) is 30.3 Å². The van der Waals surface area contributed by atoms with Crippen LogP contribution in [0.15, 0.2) is 22.7 Å². The number of carbonyl (C=O) groups is 1. The Kier molecular flexibility index (Phi) is 5.62. The van der Waals surface area contributed by atoms with Gasteiger partial charge in [0.2, 0.25) is 5.91 Å². The molecular weight excluding hydrogens is 372 g/mol. The first-order valence-corrected chi connectivity index (χ1v) is 9.08. The second-order valence-corrected chi connectivity index (χ2v) is 8.05. The molecule has 5 nitrogen and oxygen atoms in total. The van der Waals surface area contributed by atoms with Gasteiger partial charge < -0.3 is 20.5 Å². The van der Waals surface area contributed by atoms with E-state index in [1.807, 2.05) is 46.8 Å². The molecule has 1 fully saturated rings. The molecule has 0 saturated heterocycles. The number of nitrogens with two attached hydrogens (primary N) is 1. The van der Waals surface area contributed by atoms with Crippen LogP contribution in [0.1, 0.15) is 41.0 Å². The van der Waals surface area contributed by atoms with Gasteiger partial charge in [0.15, 0.2) is 0 Å². The maximum absolute atomic E-state index is 12.8. The molecule has 2 unspecified atom stereocenters. The van der Waals surface area contributed by atoms with E-state index in [9.17, 15) is 4.79 Å². The highest BCUT2D eigenvalue weighted by atomic mass is 79.9. The van der Waals surface area contributed by atoms with Crippen LogP contribution in [-0.2, 0) is 9.53 Å². The van der Waals surface area contributed by atoms with Gasteiger partial charge in [-0.3, -0.25) is 4.79 Å². The third kappa shape index (κ3) is 3.60. The lowest BCUT2D eigenvalue weighted by Crippen LogP contribution is -2.74. The molecule has 0 spiro atoms. The Morgan fingerprint density at radius 2 is 2.08 bits per heavy atom. The van der Waals surface area contributed by atoms with Crippen LogP contribution in [0.4, 0.5) is 5.69 Å². The molecule has 1 aromatic carbocycles. The highest BCUT2D eigenvalue weighted by Crippen LogP contribution is 2.50. The summed E-state index contributed by atoms with van der Waals surface area (Å²) in [6, 6.07) is 5.50. The number of rotatable bonds is 6. The molecule has 0 aliphatic heterocycles. The van der Waals surface area contributed by atoms with E-state index in [-0.39, 0.29) is 18.1 Å². The number of carbonyl (C=O) groups excluding carboxylic acids is 1. The van der Waals surface area contributed by atoms with E-state index in [0.717, 1.165) is 4.47 Å². The number of benzene rings is 1. The lowest BCUT2D eigenvalue weighted by Gasteiger charge is -2.57. The van der Waals surface area contributed by atoms with Gasteiger partial charge in [0.05, 0.1) is 12.2 Å². The minimum Gasteiger partial charge on any atom is -0.491 e. The van der Waals surface area contributed by atoms with Gasteiger partial charge in [0.1, 0.15) is 11.3 Å². The van der Waals surface area contributed by atoms with E-state index >= 15 is 0 Å². The molecule has 2 rings (SSSR count). The molecule has 1 aliphatic rings. The molecular formula is C18H27BrN2O3. The van der Waals surface area contributed by atoms with E-state index in [0.29, 0.717) is 24.5 Å². The number of halogens is 1. The van der Waals surface area contributed by atoms with Crippen molar-refractivity contribution in [1.82, 2.24) is 0 Å². The van der Waals surface area contributed by atoms with Crippen LogP contribution in [0, 0.1) is 5.41 Å². The molecule has 0 aromatic heterocycles. The summed E-state index contributed by atoms with van der Waals surface area (Å²) in [5.41, 5.74) is 5.70. The summed E-state index contributed by atoms with van der Waals surface area (Å²) >= 11 is 3.44. The Labute approximate surface area is 152 Å². The summed E-state index contributed by atoms with van der Waals surface area (Å²) in [5.74, 6) is 0.498. The Balaban J connectivity index is 2.14. The first-order valence-electron chi connectivity index (χ1n) is 8.29. The third-order valence-corrected chi connectivity index (χ3v) is 5.19. The molecule has 0 radical (unpaired) electrons. The molecule has 6 heteroatoms. The molecule has 2 atom stereocenters.